The van der Waals surface area contributed by atoms with Gasteiger partial charge in [-0.05, 0) is 18.6 Å². The van der Waals surface area contributed by atoms with Crippen LogP contribution in [0.1, 0.15) is 5.56 Å². The highest BCUT2D eigenvalue weighted by Gasteiger charge is 2.10. The lowest BCUT2D eigenvalue weighted by atomic mass is 10.2. The molecule has 4 nitrogen and oxygen atoms in total. The van der Waals surface area contributed by atoms with Gasteiger partial charge in [0.25, 0.3) is 0 Å². The number of nitrogens with one attached hydrogen (secondary N) is 1. The molecule has 0 radical (unpaired) electrons. The largest absolute Gasteiger partial charge is 0.368 e. The molecule has 3 N–H and O–H groups in total. The number of hydrogen-bond donors (Lipinski definition) is 2. The van der Waals surface area contributed by atoms with Gasteiger partial charge in [0.15, 0.2) is 11.6 Å². The monoisotopic (exact) mass is 236 g/mol. The molecule has 6 heteroatoms. The number of benzene rings is 1. The zero-order chi connectivity index (χ0) is 12.4. The number of halogens is 2. The van der Waals surface area contributed by atoms with Gasteiger partial charge in [-0.15, -0.1) is 0 Å². The number of para-hydroxylation sites is 1. The molecular weight excluding hydrogens is 226 g/mol. The SMILES string of the molecule is Cc1cccc(F)c1Nc1nc(N)ncc1F. The van der Waals surface area contributed by atoms with E-state index in [0.29, 0.717) is 5.56 Å². The summed E-state index contributed by atoms with van der Waals surface area (Å²) in [5, 5.41) is 2.57. The molecule has 0 aliphatic carbocycles. The summed E-state index contributed by atoms with van der Waals surface area (Å²) in [7, 11) is 0. The van der Waals surface area contributed by atoms with Gasteiger partial charge < -0.3 is 11.1 Å². The first-order valence-corrected chi connectivity index (χ1v) is 4.88. The van der Waals surface area contributed by atoms with Crippen LogP contribution in [0.2, 0.25) is 0 Å². The third-order valence-electron chi connectivity index (χ3n) is 2.23. The Labute approximate surface area is 96.5 Å². The fraction of sp³-hybridized carbons (Fsp3) is 0.0909. The zero-order valence-corrected chi connectivity index (χ0v) is 9.04. The van der Waals surface area contributed by atoms with Crippen LogP contribution in [0.25, 0.3) is 0 Å². The van der Waals surface area contributed by atoms with Crippen molar-refractivity contribution in [2.45, 2.75) is 6.92 Å². The lowest BCUT2D eigenvalue weighted by Gasteiger charge is -2.10. The van der Waals surface area contributed by atoms with Crippen LogP contribution in [0, 0.1) is 18.6 Å². The minimum absolute atomic E-state index is 0.0807. The second-order valence-corrected chi connectivity index (χ2v) is 3.48. The van der Waals surface area contributed by atoms with Gasteiger partial charge in [0.05, 0.1) is 11.9 Å². The van der Waals surface area contributed by atoms with Gasteiger partial charge in [-0.3, -0.25) is 0 Å². The third-order valence-corrected chi connectivity index (χ3v) is 2.23. The lowest BCUT2D eigenvalue weighted by molar-refractivity contribution is 0.616. The molecule has 0 saturated carbocycles. The molecule has 0 spiro atoms. The molecule has 0 fully saturated rings. The summed E-state index contributed by atoms with van der Waals surface area (Å²) in [6.45, 7) is 1.70. The molecule has 1 heterocycles. The minimum atomic E-state index is -0.693. The van der Waals surface area contributed by atoms with Crippen LogP contribution in [0.5, 0.6) is 0 Å². The number of nitrogens with two attached hydrogens (primary N) is 1. The maximum absolute atomic E-state index is 13.5. The quantitative estimate of drug-likeness (QED) is 0.840. The number of rotatable bonds is 2. The predicted octanol–water partition coefficient (Wildman–Crippen LogP) is 2.39. The Kier molecular flexibility index (Phi) is 2.86. The van der Waals surface area contributed by atoms with Crippen molar-refractivity contribution in [2.75, 3.05) is 11.1 Å². The Morgan fingerprint density at radius 1 is 1.24 bits per heavy atom. The van der Waals surface area contributed by atoms with Crippen molar-refractivity contribution in [2.24, 2.45) is 0 Å². The fourth-order valence-electron chi connectivity index (χ4n) is 1.38. The van der Waals surface area contributed by atoms with Gasteiger partial charge in [0, 0.05) is 0 Å². The van der Waals surface area contributed by atoms with Crippen LogP contribution in [0.3, 0.4) is 0 Å². The smallest absolute Gasteiger partial charge is 0.222 e. The van der Waals surface area contributed by atoms with E-state index >= 15 is 0 Å². The molecule has 0 aliphatic rings. The van der Waals surface area contributed by atoms with E-state index in [2.05, 4.69) is 15.3 Å². The molecule has 0 bridgehead atoms. The van der Waals surface area contributed by atoms with Crippen molar-refractivity contribution in [3.05, 3.63) is 41.6 Å². The minimum Gasteiger partial charge on any atom is -0.368 e. The number of nitrogen functional groups attached to an aromatic ring is 1. The number of anilines is 3. The molecule has 0 saturated heterocycles. The summed E-state index contributed by atoms with van der Waals surface area (Å²) in [5.74, 6) is -1.41. The fourth-order valence-corrected chi connectivity index (χ4v) is 1.38. The molecule has 88 valence electrons. The van der Waals surface area contributed by atoms with Crippen LogP contribution in [-0.4, -0.2) is 9.97 Å². The molecule has 1 aromatic carbocycles. The summed E-state index contributed by atoms with van der Waals surface area (Å²) in [6, 6.07) is 4.55. The van der Waals surface area contributed by atoms with Crippen molar-refractivity contribution in [1.29, 1.82) is 0 Å². The highest BCUT2D eigenvalue weighted by molar-refractivity contribution is 5.61. The Balaban J connectivity index is 2.41. The molecule has 0 unspecified atom stereocenters. The van der Waals surface area contributed by atoms with Crippen molar-refractivity contribution >= 4 is 17.5 Å². The van der Waals surface area contributed by atoms with Crippen LogP contribution in [0.15, 0.2) is 24.4 Å². The Hall–Kier alpha value is -2.24. The van der Waals surface area contributed by atoms with Crippen LogP contribution in [0.4, 0.5) is 26.2 Å². The summed E-state index contributed by atoms with van der Waals surface area (Å²) in [5.41, 5.74) is 6.15. The molecule has 0 atom stereocenters. The van der Waals surface area contributed by atoms with Gasteiger partial charge in [-0.1, -0.05) is 12.1 Å². The summed E-state index contributed by atoms with van der Waals surface area (Å²) in [6.07, 6.45) is 0.931. The van der Waals surface area contributed by atoms with Crippen molar-refractivity contribution in [3.8, 4) is 0 Å². The number of aryl methyl sites for hydroxylation is 1. The van der Waals surface area contributed by atoms with E-state index in [-0.39, 0.29) is 17.5 Å². The average Bonchev–Trinajstić information content (AvgIpc) is 2.28. The van der Waals surface area contributed by atoms with Crippen LogP contribution >= 0.6 is 0 Å². The van der Waals surface area contributed by atoms with Gasteiger partial charge in [0.2, 0.25) is 5.95 Å². The maximum Gasteiger partial charge on any atom is 0.222 e. The van der Waals surface area contributed by atoms with Crippen LogP contribution < -0.4 is 11.1 Å². The Morgan fingerprint density at radius 3 is 2.71 bits per heavy atom. The molecule has 1 aromatic heterocycles. The highest BCUT2D eigenvalue weighted by atomic mass is 19.1. The standard InChI is InChI=1S/C11H10F2N4/c1-6-3-2-4-7(12)9(6)16-10-8(13)5-15-11(14)17-10/h2-5H,1H3,(H3,14,15,16,17). The normalized spacial score (nSPS) is 10.3. The zero-order valence-electron chi connectivity index (χ0n) is 9.04. The first-order chi connectivity index (χ1) is 8.08. The van der Waals surface area contributed by atoms with Crippen molar-refractivity contribution < 1.29 is 8.78 Å². The first-order valence-electron chi connectivity index (χ1n) is 4.88. The third kappa shape index (κ3) is 2.30. The van der Waals surface area contributed by atoms with E-state index in [4.69, 9.17) is 5.73 Å². The van der Waals surface area contributed by atoms with Gasteiger partial charge in [0.1, 0.15) is 5.82 Å². The van der Waals surface area contributed by atoms with Gasteiger partial charge in [-0.25, -0.2) is 13.8 Å². The van der Waals surface area contributed by atoms with E-state index in [0.717, 1.165) is 6.20 Å². The van der Waals surface area contributed by atoms with Crippen molar-refractivity contribution in [1.82, 2.24) is 9.97 Å². The maximum atomic E-state index is 13.5. The molecule has 0 aliphatic heterocycles. The second kappa shape index (κ2) is 4.32. The average molecular weight is 236 g/mol. The topological polar surface area (TPSA) is 63.8 Å². The summed E-state index contributed by atoms with van der Waals surface area (Å²) in [4.78, 5) is 7.15. The Morgan fingerprint density at radius 2 is 2.00 bits per heavy atom. The molecule has 2 aromatic rings. The second-order valence-electron chi connectivity index (χ2n) is 3.48. The van der Waals surface area contributed by atoms with Gasteiger partial charge in [-0.2, -0.15) is 4.98 Å². The summed E-state index contributed by atoms with van der Waals surface area (Å²) >= 11 is 0. The van der Waals surface area contributed by atoms with E-state index in [1.54, 1.807) is 19.1 Å². The Bertz CT molecular complexity index is 537. The highest BCUT2D eigenvalue weighted by Crippen LogP contribution is 2.24. The van der Waals surface area contributed by atoms with E-state index in [1.165, 1.54) is 6.07 Å². The van der Waals surface area contributed by atoms with E-state index in [9.17, 15) is 8.78 Å². The van der Waals surface area contributed by atoms with Crippen molar-refractivity contribution in [3.63, 3.8) is 0 Å². The molecule has 2 rings (SSSR count). The van der Waals surface area contributed by atoms with E-state index in [1.807, 2.05) is 0 Å². The summed E-state index contributed by atoms with van der Waals surface area (Å²) < 4.78 is 26.9. The molecular formula is C11H10F2N4. The number of nitrogens with zero attached hydrogens (tertiary/aromatic N) is 2. The first kappa shape index (κ1) is 11.3. The molecule has 0 amide bonds. The van der Waals surface area contributed by atoms with Gasteiger partial charge >= 0.3 is 0 Å². The molecule has 17 heavy (non-hydrogen) atoms. The number of aromatic nitrogens is 2. The predicted molar refractivity (Wildman–Crippen MR) is 60.8 cm³/mol. The number of hydrogen-bond acceptors (Lipinski definition) is 4. The van der Waals surface area contributed by atoms with E-state index < -0.39 is 11.6 Å². The lowest BCUT2D eigenvalue weighted by Crippen LogP contribution is -2.04. The van der Waals surface area contributed by atoms with Crippen LogP contribution in [-0.2, 0) is 0 Å².